The fraction of sp³-hybridized carbons (Fsp3) is 0.0526. The number of aromatic nitrogens is 1. The highest BCUT2D eigenvalue weighted by Crippen LogP contribution is 2.37. The van der Waals surface area contributed by atoms with Gasteiger partial charge in [-0.25, -0.2) is 0 Å². The molecule has 0 bridgehead atoms. The molecule has 4 rings (SSSR count). The number of anilines is 1. The second-order valence-electron chi connectivity index (χ2n) is 6.00. The van der Waals surface area contributed by atoms with Gasteiger partial charge in [0, 0.05) is 41.8 Å². The molecule has 0 N–H and O–H groups in total. The minimum Gasteiger partial charge on any atom is -0.350 e. The second-order valence-corrected chi connectivity index (χ2v) is 7.68. The van der Waals surface area contributed by atoms with E-state index in [1.54, 1.807) is 0 Å². The first kappa shape index (κ1) is 17.4. The van der Waals surface area contributed by atoms with E-state index in [1.807, 2.05) is 48.2 Å². The molecule has 0 spiro atoms. The van der Waals surface area contributed by atoms with Crippen LogP contribution in [-0.2, 0) is 11.8 Å². The molecule has 134 valence electrons. The lowest BCUT2D eigenvalue weighted by Gasteiger charge is -2.13. The average Bonchev–Trinajstić information content (AvgIpc) is 3.12. The molecule has 1 amide bonds. The highest BCUT2D eigenvalue weighted by Gasteiger charge is 2.33. The predicted octanol–water partition coefficient (Wildman–Crippen LogP) is 4.49. The molecule has 1 aromatic heterocycles. The van der Waals surface area contributed by atoms with E-state index in [0.717, 1.165) is 16.5 Å². The molecular formula is C19H13N3O3S2. The summed E-state index contributed by atoms with van der Waals surface area (Å²) >= 11 is 6.59. The Balaban J connectivity index is 1.70. The van der Waals surface area contributed by atoms with Gasteiger partial charge in [-0.15, -0.1) is 0 Å². The van der Waals surface area contributed by atoms with Crippen LogP contribution in [0.25, 0.3) is 17.0 Å². The predicted molar refractivity (Wildman–Crippen MR) is 112 cm³/mol. The van der Waals surface area contributed by atoms with Gasteiger partial charge in [0.25, 0.3) is 11.6 Å². The van der Waals surface area contributed by atoms with Crippen LogP contribution in [0.1, 0.15) is 5.56 Å². The van der Waals surface area contributed by atoms with Crippen LogP contribution in [0, 0.1) is 10.1 Å². The minimum atomic E-state index is -0.478. The van der Waals surface area contributed by atoms with Crippen molar-refractivity contribution in [3.8, 4) is 0 Å². The van der Waals surface area contributed by atoms with Crippen molar-refractivity contribution >= 4 is 62.6 Å². The Labute approximate surface area is 164 Å². The molecule has 1 fully saturated rings. The van der Waals surface area contributed by atoms with Gasteiger partial charge in [0.2, 0.25) is 0 Å². The summed E-state index contributed by atoms with van der Waals surface area (Å²) in [6.07, 6.45) is 3.82. The van der Waals surface area contributed by atoms with Crippen molar-refractivity contribution in [3.05, 3.63) is 75.3 Å². The molecule has 6 nitrogen and oxygen atoms in total. The second kappa shape index (κ2) is 6.64. The van der Waals surface area contributed by atoms with Gasteiger partial charge in [-0.1, -0.05) is 42.2 Å². The first-order chi connectivity index (χ1) is 13.0. The topological polar surface area (TPSA) is 68.4 Å². The molecule has 0 unspecified atom stereocenters. The van der Waals surface area contributed by atoms with Crippen LogP contribution in [0.3, 0.4) is 0 Å². The number of aryl methyl sites for hydroxylation is 1. The first-order valence-corrected chi connectivity index (χ1v) is 9.24. The molecule has 0 atom stereocenters. The summed E-state index contributed by atoms with van der Waals surface area (Å²) in [7, 11) is 1.96. The highest BCUT2D eigenvalue weighted by atomic mass is 32.2. The molecule has 27 heavy (non-hydrogen) atoms. The number of non-ortho nitro benzene ring substituents is 1. The average molecular weight is 395 g/mol. The zero-order chi connectivity index (χ0) is 19.1. The summed E-state index contributed by atoms with van der Waals surface area (Å²) < 4.78 is 2.42. The third kappa shape index (κ3) is 3.02. The Morgan fingerprint density at radius 3 is 2.56 bits per heavy atom. The number of rotatable bonds is 3. The fourth-order valence-corrected chi connectivity index (χ4v) is 4.33. The number of hydrogen-bond donors (Lipinski definition) is 0. The van der Waals surface area contributed by atoms with E-state index in [2.05, 4.69) is 0 Å². The van der Waals surface area contributed by atoms with Gasteiger partial charge in [-0.05, 0) is 24.3 Å². The number of nitrogens with zero attached hydrogens (tertiary/aromatic N) is 3. The number of benzene rings is 2. The number of carbonyl (C=O) groups is 1. The molecule has 0 aliphatic carbocycles. The quantitative estimate of drug-likeness (QED) is 0.283. The van der Waals surface area contributed by atoms with Gasteiger partial charge in [0.1, 0.15) is 0 Å². The Kier molecular flexibility index (Phi) is 4.29. The number of carbonyl (C=O) groups excluding carboxylic acids is 1. The van der Waals surface area contributed by atoms with Crippen LogP contribution in [0.5, 0.6) is 0 Å². The van der Waals surface area contributed by atoms with E-state index in [0.29, 0.717) is 14.9 Å². The Bertz CT molecular complexity index is 1130. The van der Waals surface area contributed by atoms with Crippen molar-refractivity contribution in [1.82, 2.24) is 4.57 Å². The maximum atomic E-state index is 12.9. The van der Waals surface area contributed by atoms with Gasteiger partial charge in [-0.2, -0.15) is 0 Å². The smallest absolute Gasteiger partial charge is 0.270 e. The summed E-state index contributed by atoms with van der Waals surface area (Å²) in [5.74, 6) is -0.230. The maximum Gasteiger partial charge on any atom is 0.270 e. The summed E-state index contributed by atoms with van der Waals surface area (Å²) in [6.45, 7) is 0. The number of nitro benzene ring substituents is 1. The van der Waals surface area contributed by atoms with Gasteiger partial charge >= 0.3 is 0 Å². The van der Waals surface area contributed by atoms with Crippen LogP contribution < -0.4 is 4.90 Å². The Hall–Kier alpha value is -2.97. The molecule has 0 saturated carbocycles. The zero-order valence-corrected chi connectivity index (χ0v) is 15.8. The van der Waals surface area contributed by atoms with Crippen molar-refractivity contribution < 1.29 is 9.72 Å². The van der Waals surface area contributed by atoms with Crippen LogP contribution >= 0.6 is 24.0 Å². The Morgan fingerprint density at radius 2 is 1.85 bits per heavy atom. The highest BCUT2D eigenvalue weighted by molar-refractivity contribution is 8.27. The fourth-order valence-electron chi connectivity index (χ4n) is 3.04. The van der Waals surface area contributed by atoms with Crippen LogP contribution in [0.4, 0.5) is 11.4 Å². The van der Waals surface area contributed by atoms with E-state index in [9.17, 15) is 14.9 Å². The molecule has 2 heterocycles. The summed E-state index contributed by atoms with van der Waals surface area (Å²) in [5.41, 5.74) is 2.51. The zero-order valence-electron chi connectivity index (χ0n) is 14.2. The standard InChI is InChI=1S/C19H13N3O3S2/c1-20-11-12(15-4-2-3-5-16(15)20)10-17-18(23)21(19(26)27-17)13-6-8-14(9-7-13)22(24)25/h2-11H,1H3/b17-10-. The Morgan fingerprint density at radius 1 is 1.15 bits per heavy atom. The van der Waals surface area contributed by atoms with Crippen LogP contribution in [-0.4, -0.2) is 19.7 Å². The number of amides is 1. The van der Waals surface area contributed by atoms with E-state index in [4.69, 9.17) is 12.2 Å². The van der Waals surface area contributed by atoms with E-state index < -0.39 is 4.92 Å². The van der Waals surface area contributed by atoms with Gasteiger partial charge in [0.05, 0.1) is 15.5 Å². The van der Waals surface area contributed by atoms with E-state index >= 15 is 0 Å². The van der Waals surface area contributed by atoms with Crippen LogP contribution in [0.2, 0.25) is 0 Å². The molecule has 1 aliphatic rings. The summed E-state index contributed by atoms with van der Waals surface area (Å²) in [4.78, 5) is 25.2. The van der Waals surface area contributed by atoms with Crippen molar-refractivity contribution in [2.24, 2.45) is 7.05 Å². The summed E-state index contributed by atoms with van der Waals surface area (Å²) in [6, 6.07) is 13.8. The molecular weight excluding hydrogens is 382 g/mol. The molecule has 1 saturated heterocycles. The van der Waals surface area contributed by atoms with E-state index in [1.165, 1.54) is 40.9 Å². The first-order valence-electron chi connectivity index (χ1n) is 8.02. The molecule has 2 aromatic carbocycles. The van der Waals surface area contributed by atoms with Gasteiger partial charge < -0.3 is 4.57 Å². The lowest BCUT2D eigenvalue weighted by atomic mass is 10.1. The molecule has 8 heteroatoms. The summed E-state index contributed by atoms with van der Waals surface area (Å²) in [5, 5.41) is 11.9. The van der Waals surface area contributed by atoms with Crippen molar-refractivity contribution in [2.75, 3.05) is 4.90 Å². The normalized spacial score (nSPS) is 15.9. The molecule has 1 aliphatic heterocycles. The number of nitro groups is 1. The largest absolute Gasteiger partial charge is 0.350 e. The monoisotopic (exact) mass is 395 g/mol. The van der Waals surface area contributed by atoms with Gasteiger partial charge in [0.15, 0.2) is 4.32 Å². The molecule has 3 aromatic rings. The lowest BCUT2D eigenvalue weighted by Crippen LogP contribution is -2.27. The number of fused-ring (bicyclic) bond motifs is 1. The van der Waals surface area contributed by atoms with E-state index in [-0.39, 0.29) is 11.6 Å². The number of thioether (sulfide) groups is 1. The van der Waals surface area contributed by atoms with Crippen molar-refractivity contribution in [1.29, 1.82) is 0 Å². The third-order valence-electron chi connectivity index (χ3n) is 4.33. The minimum absolute atomic E-state index is 0.0320. The maximum absolute atomic E-state index is 12.9. The van der Waals surface area contributed by atoms with Crippen molar-refractivity contribution in [3.63, 3.8) is 0 Å². The van der Waals surface area contributed by atoms with Crippen LogP contribution in [0.15, 0.2) is 59.6 Å². The number of para-hydroxylation sites is 1. The third-order valence-corrected chi connectivity index (χ3v) is 5.63. The number of hydrogen-bond acceptors (Lipinski definition) is 5. The molecule has 0 radical (unpaired) electrons. The van der Waals surface area contributed by atoms with Crippen molar-refractivity contribution in [2.45, 2.75) is 0 Å². The lowest BCUT2D eigenvalue weighted by molar-refractivity contribution is -0.384. The number of thiocarbonyl (C=S) groups is 1. The van der Waals surface area contributed by atoms with Gasteiger partial charge in [-0.3, -0.25) is 19.8 Å². The SMILES string of the molecule is Cn1cc(/C=C2\SC(=S)N(c3ccc([N+](=O)[O-])cc3)C2=O)c2ccccc21.